The predicted octanol–water partition coefficient (Wildman–Crippen LogP) is 3.34. The van der Waals surface area contributed by atoms with Gasteiger partial charge in [-0.05, 0) is 50.4 Å². The van der Waals surface area contributed by atoms with Crippen molar-refractivity contribution in [2.24, 2.45) is 17.8 Å². The Labute approximate surface area is 129 Å². The zero-order valence-electron chi connectivity index (χ0n) is 12.5. The Hall–Kier alpha value is -1.10. The summed E-state index contributed by atoms with van der Waals surface area (Å²) in [5, 5.41) is 6.44. The van der Waals surface area contributed by atoms with Gasteiger partial charge in [-0.3, -0.25) is 0 Å². The minimum absolute atomic E-state index is 0.133. The van der Waals surface area contributed by atoms with Crippen LogP contribution in [-0.4, -0.2) is 29.0 Å². The molecular weight excluding hydrogens is 282 g/mol. The summed E-state index contributed by atoms with van der Waals surface area (Å²) in [6, 6.07) is 0.269. The summed E-state index contributed by atoms with van der Waals surface area (Å²) in [5.74, 6) is 2.12. The summed E-state index contributed by atoms with van der Waals surface area (Å²) in [6.07, 6.45) is 6.41. The molecule has 0 aromatic carbocycles. The zero-order valence-corrected chi connectivity index (χ0v) is 13.4. The van der Waals surface area contributed by atoms with Crippen LogP contribution in [0.5, 0.6) is 0 Å². The molecule has 114 valence electrons. The maximum Gasteiger partial charge on any atom is 0.317 e. The van der Waals surface area contributed by atoms with E-state index < -0.39 is 0 Å². The second-order valence-electron chi connectivity index (χ2n) is 6.95. The van der Waals surface area contributed by atoms with Gasteiger partial charge >= 0.3 is 6.03 Å². The van der Waals surface area contributed by atoms with Crippen molar-refractivity contribution in [3.8, 4) is 0 Å². The van der Waals surface area contributed by atoms with Crippen LogP contribution in [0.15, 0.2) is 5.38 Å². The van der Waals surface area contributed by atoms with Crippen molar-refractivity contribution in [2.45, 2.75) is 45.1 Å². The summed E-state index contributed by atoms with van der Waals surface area (Å²) < 4.78 is 0. The molecular formula is C16H23N3OS. The Bertz CT molecular complexity index is 527. The molecule has 1 N–H and O–H groups in total. The fourth-order valence-electron chi connectivity index (χ4n) is 3.95. The average molecular weight is 305 g/mol. The lowest BCUT2D eigenvalue weighted by Gasteiger charge is -2.22. The summed E-state index contributed by atoms with van der Waals surface area (Å²) in [5.41, 5.74) is 1.06. The molecule has 0 radical (unpaired) electrons. The van der Waals surface area contributed by atoms with E-state index in [0.717, 1.165) is 35.6 Å². The summed E-state index contributed by atoms with van der Waals surface area (Å²) in [6.45, 7) is 3.95. The third kappa shape index (κ3) is 2.68. The van der Waals surface area contributed by atoms with E-state index >= 15 is 0 Å². The molecule has 3 atom stereocenters. The number of carbonyl (C=O) groups is 1. The van der Waals surface area contributed by atoms with Crippen LogP contribution in [-0.2, 0) is 0 Å². The normalized spacial score (nSPS) is 29.5. The molecule has 21 heavy (non-hydrogen) atoms. The average Bonchev–Trinajstić information content (AvgIpc) is 2.85. The largest absolute Gasteiger partial charge is 0.328 e. The van der Waals surface area contributed by atoms with Crippen molar-refractivity contribution >= 4 is 17.4 Å². The van der Waals surface area contributed by atoms with Crippen molar-refractivity contribution in [3.05, 3.63) is 16.1 Å². The predicted molar refractivity (Wildman–Crippen MR) is 83.3 cm³/mol. The molecule has 0 unspecified atom stereocenters. The molecule has 3 fully saturated rings. The first-order valence-corrected chi connectivity index (χ1v) is 9.06. The number of hydrogen-bond donors (Lipinski definition) is 1. The van der Waals surface area contributed by atoms with Crippen LogP contribution in [0.3, 0.4) is 0 Å². The van der Waals surface area contributed by atoms with Gasteiger partial charge in [0.1, 0.15) is 5.01 Å². The molecule has 1 aliphatic heterocycles. The molecule has 1 aromatic rings. The lowest BCUT2D eigenvalue weighted by molar-refractivity contribution is 0.199. The minimum atomic E-state index is 0.133. The first-order valence-electron chi connectivity index (χ1n) is 8.18. The van der Waals surface area contributed by atoms with Crippen LogP contribution in [0, 0.1) is 24.7 Å². The standard InChI is InChI=1S/C16H23N3OS/c1-10-9-21-15(17-10)14(11-5-6-11)18-16(20)19-7-12-3-2-4-13(12)8-19/h9,11-14H,2-8H2,1H3,(H,18,20)/t12-,13+,14-/m1/s1. The number of fused-ring (bicyclic) bond motifs is 1. The lowest BCUT2D eigenvalue weighted by atomic mass is 10.0. The first-order chi connectivity index (χ1) is 10.2. The van der Waals surface area contributed by atoms with Crippen molar-refractivity contribution in [1.82, 2.24) is 15.2 Å². The topological polar surface area (TPSA) is 45.2 Å². The van der Waals surface area contributed by atoms with Crippen LogP contribution in [0.1, 0.15) is 48.8 Å². The third-order valence-corrected chi connectivity index (χ3v) is 6.33. The van der Waals surface area contributed by atoms with E-state index in [2.05, 4.69) is 15.7 Å². The number of amides is 2. The van der Waals surface area contributed by atoms with Gasteiger partial charge in [-0.25, -0.2) is 9.78 Å². The fourth-order valence-corrected chi connectivity index (χ4v) is 4.89. The van der Waals surface area contributed by atoms with Crippen LogP contribution in [0.4, 0.5) is 4.79 Å². The number of urea groups is 1. The number of nitrogens with one attached hydrogen (secondary N) is 1. The van der Waals surface area contributed by atoms with Gasteiger partial charge in [0.25, 0.3) is 0 Å². The summed E-state index contributed by atoms with van der Waals surface area (Å²) in [7, 11) is 0. The second-order valence-corrected chi connectivity index (χ2v) is 7.84. The molecule has 5 heteroatoms. The second kappa shape index (κ2) is 5.27. The highest BCUT2D eigenvalue weighted by Crippen LogP contribution is 2.42. The number of aryl methyl sites for hydroxylation is 1. The fraction of sp³-hybridized carbons (Fsp3) is 0.750. The van der Waals surface area contributed by atoms with Gasteiger partial charge in [-0.15, -0.1) is 11.3 Å². The molecule has 2 heterocycles. The highest BCUT2D eigenvalue weighted by molar-refractivity contribution is 7.09. The molecule has 1 aromatic heterocycles. The van der Waals surface area contributed by atoms with E-state index in [-0.39, 0.29) is 12.1 Å². The molecule has 1 saturated heterocycles. The van der Waals surface area contributed by atoms with Gasteiger partial charge in [0.15, 0.2) is 0 Å². The summed E-state index contributed by atoms with van der Waals surface area (Å²) >= 11 is 1.68. The van der Waals surface area contributed by atoms with Crippen LogP contribution >= 0.6 is 11.3 Å². The van der Waals surface area contributed by atoms with Gasteiger partial charge in [-0.2, -0.15) is 0 Å². The van der Waals surface area contributed by atoms with Crippen LogP contribution < -0.4 is 5.32 Å². The lowest BCUT2D eigenvalue weighted by Crippen LogP contribution is -2.41. The van der Waals surface area contributed by atoms with Crippen LogP contribution in [0.25, 0.3) is 0 Å². The number of nitrogens with zero attached hydrogens (tertiary/aromatic N) is 2. The molecule has 3 aliphatic rings. The third-order valence-electron chi connectivity index (χ3n) is 5.29. The highest BCUT2D eigenvalue weighted by atomic mass is 32.1. The van der Waals surface area contributed by atoms with E-state index in [1.165, 1.54) is 32.1 Å². The number of thiazole rings is 1. The molecule has 4 nitrogen and oxygen atoms in total. The Morgan fingerprint density at radius 1 is 1.33 bits per heavy atom. The summed E-state index contributed by atoms with van der Waals surface area (Å²) in [4.78, 5) is 19.2. The smallest absolute Gasteiger partial charge is 0.317 e. The van der Waals surface area contributed by atoms with E-state index in [0.29, 0.717) is 5.92 Å². The van der Waals surface area contributed by atoms with E-state index in [4.69, 9.17) is 0 Å². The zero-order chi connectivity index (χ0) is 14.4. The number of carbonyl (C=O) groups excluding carboxylic acids is 1. The maximum atomic E-state index is 12.6. The first kappa shape index (κ1) is 13.6. The van der Waals surface area contributed by atoms with E-state index in [9.17, 15) is 4.79 Å². The Morgan fingerprint density at radius 2 is 2.05 bits per heavy atom. The molecule has 2 saturated carbocycles. The molecule has 2 aliphatic carbocycles. The minimum Gasteiger partial charge on any atom is -0.328 e. The SMILES string of the molecule is Cc1csc([C@H](NC(=O)N2C[C@H]3CCC[C@H]3C2)C2CC2)n1. The van der Waals surface area contributed by atoms with Gasteiger partial charge < -0.3 is 10.2 Å². The maximum absolute atomic E-state index is 12.6. The Balaban J connectivity index is 1.42. The van der Waals surface area contributed by atoms with Crippen molar-refractivity contribution in [3.63, 3.8) is 0 Å². The Morgan fingerprint density at radius 3 is 2.62 bits per heavy atom. The molecule has 0 bridgehead atoms. The highest BCUT2D eigenvalue weighted by Gasteiger charge is 2.40. The monoisotopic (exact) mass is 305 g/mol. The quantitative estimate of drug-likeness (QED) is 0.931. The number of rotatable bonds is 3. The molecule has 4 rings (SSSR count). The molecule has 2 amide bonds. The Kier molecular flexibility index (Phi) is 3.40. The van der Waals surface area contributed by atoms with Gasteiger partial charge in [0.05, 0.1) is 6.04 Å². The molecule has 0 spiro atoms. The van der Waals surface area contributed by atoms with E-state index in [1.54, 1.807) is 11.3 Å². The van der Waals surface area contributed by atoms with Crippen molar-refractivity contribution in [2.75, 3.05) is 13.1 Å². The van der Waals surface area contributed by atoms with Crippen molar-refractivity contribution < 1.29 is 4.79 Å². The number of hydrogen-bond acceptors (Lipinski definition) is 3. The van der Waals surface area contributed by atoms with Gasteiger partial charge in [0.2, 0.25) is 0 Å². The number of aromatic nitrogens is 1. The van der Waals surface area contributed by atoms with Gasteiger partial charge in [0, 0.05) is 24.2 Å². The van der Waals surface area contributed by atoms with E-state index in [1.807, 2.05) is 11.8 Å². The van der Waals surface area contributed by atoms with Gasteiger partial charge in [-0.1, -0.05) is 6.42 Å². The van der Waals surface area contributed by atoms with Crippen molar-refractivity contribution in [1.29, 1.82) is 0 Å². The number of likely N-dealkylation sites (tertiary alicyclic amines) is 1. The van der Waals surface area contributed by atoms with Crippen LogP contribution in [0.2, 0.25) is 0 Å².